The number of nitrogens with two attached hydrogens (primary N) is 1. The molecule has 0 atom stereocenters. The molecule has 2 rings (SSSR count). The maximum Gasteiger partial charge on any atom is 0.319 e. The van der Waals surface area contributed by atoms with Crippen LogP contribution in [-0.4, -0.2) is 31.7 Å². The first-order chi connectivity index (χ1) is 10.7. The lowest BCUT2D eigenvalue weighted by Crippen LogP contribution is -2.45. The number of nitrogens with one attached hydrogen (secondary N) is 2. The van der Waals surface area contributed by atoms with Crippen molar-refractivity contribution in [3.8, 4) is 0 Å². The molecule has 1 aliphatic rings. The third-order valence-electron chi connectivity index (χ3n) is 3.88. The van der Waals surface area contributed by atoms with E-state index in [1.807, 2.05) is 0 Å². The van der Waals surface area contributed by atoms with E-state index in [-0.39, 0.29) is 22.2 Å². The van der Waals surface area contributed by atoms with Crippen molar-refractivity contribution in [3.05, 3.63) is 23.2 Å². The van der Waals surface area contributed by atoms with E-state index >= 15 is 0 Å². The number of aliphatic hydroxyl groups is 1. The van der Waals surface area contributed by atoms with Crippen molar-refractivity contribution < 1.29 is 18.3 Å². The van der Waals surface area contributed by atoms with Gasteiger partial charge >= 0.3 is 6.03 Å². The highest BCUT2D eigenvalue weighted by Gasteiger charge is 2.29. The summed E-state index contributed by atoms with van der Waals surface area (Å²) in [7, 11) is -3.89. The van der Waals surface area contributed by atoms with Crippen molar-refractivity contribution in [2.24, 2.45) is 5.14 Å². The van der Waals surface area contributed by atoms with Gasteiger partial charge in [0.1, 0.15) is 0 Å². The van der Waals surface area contributed by atoms with Crippen LogP contribution in [0.15, 0.2) is 23.1 Å². The van der Waals surface area contributed by atoms with Gasteiger partial charge < -0.3 is 15.7 Å². The molecule has 7 nitrogen and oxygen atoms in total. The van der Waals surface area contributed by atoms with E-state index < -0.39 is 21.7 Å². The third-order valence-corrected chi connectivity index (χ3v) is 5.12. The molecule has 1 aliphatic carbocycles. The monoisotopic (exact) mass is 361 g/mol. The first kappa shape index (κ1) is 18.0. The molecule has 5 N–H and O–H groups in total. The number of anilines is 1. The highest BCUT2D eigenvalue weighted by Crippen LogP contribution is 2.27. The van der Waals surface area contributed by atoms with Gasteiger partial charge in [0.15, 0.2) is 0 Å². The Morgan fingerprint density at radius 2 is 1.96 bits per heavy atom. The van der Waals surface area contributed by atoms with Crippen molar-refractivity contribution in [2.75, 3.05) is 11.9 Å². The lowest BCUT2D eigenvalue weighted by molar-refractivity contribution is 0.00755. The molecule has 1 fully saturated rings. The molecule has 1 saturated carbocycles. The van der Waals surface area contributed by atoms with Crippen LogP contribution in [-0.2, 0) is 10.0 Å². The van der Waals surface area contributed by atoms with E-state index in [0.717, 1.165) is 19.3 Å². The van der Waals surface area contributed by atoms with Crippen LogP contribution in [0.4, 0.5) is 10.5 Å². The summed E-state index contributed by atoms with van der Waals surface area (Å²) in [5.74, 6) is 0. The summed E-state index contributed by atoms with van der Waals surface area (Å²) in [6, 6.07) is 3.21. The van der Waals surface area contributed by atoms with Crippen molar-refractivity contribution in [3.63, 3.8) is 0 Å². The molecule has 0 aliphatic heterocycles. The van der Waals surface area contributed by atoms with Crippen molar-refractivity contribution in [1.82, 2.24) is 5.32 Å². The molecule has 23 heavy (non-hydrogen) atoms. The van der Waals surface area contributed by atoms with Gasteiger partial charge in [-0.1, -0.05) is 30.9 Å². The average Bonchev–Trinajstić information content (AvgIpc) is 2.47. The maximum absolute atomic E-state index is 11.9. The van der Waals surface area contributed by atoms with Gasteiger partial charge in [0.25, 0.3) is 0 Å². The predicted molar refractivity (Wildman–Crippen MR) is 87.9 cm³/mol. The quantitative estimate of drug-likeness (QED) is 0.653. The summed E-state index contributed by atoms with van der Waals surface area (Å²) in [4.78, 5) is 11.8. The predicted octanol–water partition coefficient (Wildman–Crippen LogP) is 1.80. The van der Waals surface area contributed by atoms with Gasteiger partial charge in [0.05, 0.1) is 21.2 Å². The van der Waals surface area contributed by atoms with Crippen LogP contribution >= 0.6 is 11.6 Å². The number of halogens is 1. The first-order valence-corrected chi connectivity index (χ1v) is 9.22. The normalized spacial score (nSPS) is 17.5. The van der Waals surface area contributed by atoms with Gasteiger partial charge in [-0.3, -0.25) is 0 Å². The molecule has 0 saturated heterocycles. The lowest BCUT2D eigenvalue weighted by atomic mass is 9.85. The minimum atomic E-state index is -3.89. The fraction of sp³-hybridized carbons (Fsp3) is 0.500. The average molecular weight is 362 g/mol. The number of rotatable bonds is 4. The second-order valence-electron chi connectivity index (χ2n) is 5.78. The maximum atomic E-state index is 11.9. The zero-order valence-electron chi connectivity index (χ0n) is 12.5. The Bertz CT molecular complexity index is 687. The first-order valence-electron chi connectivity index (χ1n) is 7.29. The molecular weight excluding hydrogens is 342 g/mol. The summed E-state index contributed by atoms with van der Waals surface area (Å²) < 4.78 is 22.7. The minimum absolute atomic E-state index is 0.130. The van der Waals surface area contributed by atoms with Crippen LogP contribution in [0.5, 0.6) is 0 Å². The van der Waals surface area contributed by atoms with Gasteiger partial charge in [0, 0.05) is 6.54 Å². The number of benzene rings is 1. The number of urea groups is 1. The van der Waals surface area contributed by atoms with Crippen molar-refractivity contribution in [1.29, 1.82) is 0 Å². The molecule has 0 heterocycles. The molecule has 0 bridgehead atoms. The number of amides is 2. The van der Waals surface area contributed by atoms with Gasteiger partial charge in [-0.25, -0.2) is 18.4 Å². The van der Waals surface area contributed by atoms with E-state index in [9.17, 15) is 18.3 Å². The second kappa shape index (κ2) is 7.04. The number of primary sulfonamides is 1. The highest BCUT2D eigenvalue weighted by molar-refractivity contribution is 7.89. The molecular formula is C14H20ClN3O4S. The van der Waals surface area contributed by atoms with E-state index in [0.29, 0.717) is 12.8 Å². The molecule has 0 spiro atoms. The topological polar surface area (TPSA) is 122 Å². The summed E-state index contributed by atoms with van der Waals surface area (Å²) in [5, 5.41) is 20.6. The Labute approximate surface area is 140 Å². The zero-order valence-corrected chi connectivity index (χ0v) is 14.1. The van der Waals surface area contributed by atoms with Crippen molar-refractivity contribution in [2.45, 2.75) is 42.6 Å². The lowest BCUT2D eigenvalue weighted by Gasteiger charge is -2.32. The number of hydrogen-bond acceptors (Lipinski definition) is 4. The van der Waals surface area contributed by atoms with Gasteiger partial charge in [-0.05, 0) is 31.0 Å². The smallest absolute Gasteiger partial charge is 0.319 e. The largest absolute Gasteiger partial charge is 0.388 e. The van der Waals surface area contributed by atoms with E-state index in [4.69, 9.17) is 16.7 Å². The third kappa shape index (κ3) is 5.07. The van der Waals surface area contributed by atoms with Crippen molar-refractivity contribution >= 4 is 33.3 Å². The van der Waals surface area contributed by atoms with Crippen LogP contribution in [0.25, 0.3) is 0 Å². The summed E-state index contributed by atoms with van der Waals surface area (Å²) in [6.07, 6.45) is 4.25. The number of sulfonamides is 1. The summed E-state index contributed by atoms with van der Waals surface area (Å²) in [6.45, 7) is 0.130. The van der Waals surface area contributed by atoms with E-state index in [2.05, 4.69) is 10.6 Å². The van der Waals surface area contributed by atoms with Gasteiger partial charge in [-0.2, -0.15) is 0 Å². The Morgan fingerprint density at radius 3 is 2.57 bits per heavy atom. The molecule has 2 amide bonds. The molecule has 0 aromatic heterocycles. The Morgan fingerprint density at radius 1 is 1.30 bits per heavy atom. The van der Waals surface area contributed by atoms with Crippen LogP contribution in [0.2, 0.25) is 5.02 Å². The minimum Gasteiger partial charge on any atom is -0.388 e. The van der Waals surface area contributed by atoms with E-state index in [1.165, 1.54) is 18.2 Å². The number of carbonyl (C=O) groups is 1. The van der Waals surface area contributed by atoms with Gasteiger partial charge in [-0.15, -0.1) is 0 Å². The summed E-state index contributed by atoms with van der Waals surface area (Å²) in [5.41, 5.74) is -0.756. The Kier molecular flexibility index (Phi) is 5.51. The highest BCUT2D eigenvalue weighted by atomic mass is 35.5. The standard InChI is InChI=1S/C14H20ClN3O4S/c15-11-5-4-10(23(16,21)22)8-12(11)18-13(19)17-9-14(20)6-2-1-3-7-14/h4-5,8,20H,1-3,6-7,9H2,(H2,16,21,22)(H2,17,18,19). The molecule has 0 radical (unpaired) electrons. The number of carbonyl (C=O) groups excluding carboxylic acids is 1. The van der Waals surface area contributed by atoms with Crippen LogP contribution in [0, 0.1) is 0 Å². The Hall–Kier alpha value is -1.35. The molecule has 1 aromatic rings. The molecule has 128 valence electrons. The Balaban J connectivity index is 2.00. The van der Waals surface area contributed by atoms with E-state index in [1.54, 1.807) is 0 Å². The zero-order chi connectivity index (χ0) is 17.1. The molecule has 9 heteroatoms. The van der Waals surface area contributed by atoms with Crippen LogP contribution in [0.3, 0.4) is 0 Å². The second-order valence-corrected chi connectivity index (χ2v) is 7.75. The molecule has 1 aromatic carbocycles. The van der Waals surface area contributed by atoms with Crippen LogP contribution < -0.4 is 15.8 Å². The molecule has 0 unspecified atom stereocenters. The van der Waals surface area contributed by atoms with Crippen LogP contribution in [0.1, 0.15) is 32.1 Å². The van der Waals surface area contributed by atoms with Gasteiger partial charge in [0.2, 0.25) is 10.0 Å². The fourth-order valence-corrected chi connectivity index (χ4v) is 3.28. The SMILES string of the molecule is NS(=O)(=O)c1ccc(Cl)c(NC(=O)NCC2(O)CCCCC2)c1. The number of hydrogen-bond donors (Lipinski definition) is 4. The fourth-order valence-electron chi connectivity index (χ4n) is 2.58. The summed E-state index contributed by atoms with van der Waals surface area (Å²) >= 11 is 5.94.